The summed E-state index contributed by atoms with van der Waals surface area (Å²) in [4.78, 5) is 39.3. The van der Waals surface area contributed by atoms with Gasteiger partial charge in [0.05, 0.1) is 6.54 Å². The van der Waals surface area contributed by atoms with Crippen LogP contribution in [0.25, 0.3) is 0 Å². The second-order valence-corrected chi connectivity index (χ2v) is 8.83. The molecule has 6 heteroatoms. The molecule has 1 aromatic heterocycles. The number of carbonyl (C=O) groups is 3. The Balaban J connectivity index is 1.46. The van der Waals surface area contributed by atoms with E-state index >= 15 is 0 Å². The molecule has 1 saturated heterocycles. The first-order valence-electron chi connectivity index (χ1n) is 10.9. The molecule has 3 aliphatic rings. The molecule has 0 aromatic carbocycles. The Hall–Kier alpha value is -2.37. The molecule has 3 amide bonds. The summed E-state index contributed by atoms with van der Waals surface area (Å²) >= 11 is 0. The third-order valence-electron chi connectivity index (χ3n) is 6.92. The fraction of sp³-hybridized carbons (Fsp3) is 0.609. The van der Waals surface area contributed by atoms with Crippen molar-refractivity contribution in [2.24, 2.45) is 0 Å². The number of rotatable bonds is 6. The summed E-state index contributed by atoms with van der Waals surface area (Å²) < 4.78 is 2.19. The van der Waals surface area contributed by atoms with Gasteiger partial charge in [-0.25, -0.2) is 4.79 Å². The van der Waals surface area contributed by atoms with Crippen LogP contribution in [0.3, 0.4) is 0 Å². The van der Waals surface area contributed by atoms with E-state index in [2.05, 4.69) is 16.0 Å². The zero-order valence-corrected chi connectivity index (χ0v) is 17.6. The quantitative estimate of drug-likeness (QED) is 0.447. The number of nitrogens with zero attached hydrogens (tertiary/aromatic N) is 2. The Morgan fingerprint density at radius 3 is 2.59 bits per heavy atom. The maximum atomic E-state index is 13.0. The summed E-state index contributed by atoms with van der Waals surface area (Å²) in [6.45, 7) is 4.66. The summed E-state index contributed by atoms with van der Waals surface area (Å²) in [7, 11) is 0. The molecule has 2 heterocycles. The van der Waals surface area contributed by atoms with Crippen LogP contribution in [0, 0.1) is 13.8 Å². The number of nitrogens with one attached hydrogen (secondary N) is 1. The van der Waals surface area contributed by atoms with E-state index in [1.54, 1.807) is 0 Å². The number of hydrogen-bond donors (Lipinski definition) is 1. The molecule has 1 spiro atoms. The Labute approximate surface area is 172 Å². The predicted molar refractivity (Wildman–Crippen MR) is 111 cm³/mol. The van der Waals surface area contributed by atoms with Crippen molar-refractivity contribution in [3.8, 4) is 0 Å². The van der Waals surface area contributed by atoms with Crippen LogP contribution >= 0.6 is 0 Å². The molecule has 1 aromatic rings. The predicted octanol–water partition coefficient (Wildman–Crippen LogP) is 4.04. The highest BCUT2D eigenvalue weighted by Gasteiger charge is 2.52. The van der Waals surface area contributed by atoms with Gasteiger partial charge in [0.25, 0.3) is 5.91 Å². The summed E-state index contributed by atoms with van der Waals surface area (Å²) in [5.41, 5.74) is 3.34. The third kappa shape index (κ3) is 3.65. The number of hydrogen-bond acceptors (Lipinski definition) is 3. The van der Waals surface area contributed by atoms with Crippen molar-refractivity contribution >= 4 is 17.7 Å². The van der Waals surface area contributed by atoms with E-state index in [0.29, 0.717) is 18.4 Å². The lowest BCUT2D eigenvalue weighted by atomic mass is 9.97. The van der Waals surface area contributed by atoms with Gasteiger partial charge in [0.2, 0.25) is 0 Å². The first-order chi connectivity index (χ1) is 13.9. The van der Waals surface area contributed by atoms with Gasteiger partial charge in [-0.2, -0.15) is 0 Å². The van der Waals surface area contributed by atoms with Crippen LogP contribution in [0.1, 0.15) is 79.5 Å². The molecule has 1 aliphatic heterocycles. The van der Waals surface area contributed by atoms with Gasteiger partial charge in [0.1, 0.15) is 5.54 Å². The molecule has 0 radical (unpaired) electrons. The van der Waals surface area contributed by atoms with E-state index in [0.717, 1.165) is 42.1 Å². The molecular weight excluding hydrogens is 366 g/mol. The topological polar surface area (TPSA) is 71.4 Å². The Kier molecular flexibility index (Phi) is 5.36. The van der Waals surface area contributed by atoms with Gasteiger partial charge in [-0.1, -0.05) is 24.5 Å². The molecule has 0 atom stereocenters. The fourth-order valence-electron chi connectivity index (χ4n) is 5.18. The van der Waals surface area contributed by atoms with Gasteiger partial charge >= 0.3 is 6.03 Å². The Bertz CT molecular complexity index is 874. The van der Waals surface area contributed by atoms with Crippen molar-refractivity contribution in [2.45, 2.75) is 83.7 Å². The number of urea groups is 1. The van der Waals surface area contributed by atoms with Crippen LogP contribution in [0.15, 0.2) is 17.7 Å². The van der Waals surface area contributed by atoms with E-state index in [9.17, 15) is 14.4 Å². The second-order valence-electron chi connectivity index (χ2n) is 8.83. The van der Waals surface area contributed by atoms with Gasteiger partial charge in [-0.05, 0) is 64.9 Å². The Morgan fingerprint density at radius 1 is 1.14 bits per heavy atom. The van der Waals surface area contributed by atoms with Crippen LogP contribution in [-0.4, -0.2) is 39.3 Å². The SMILES string of the molecule is Cc1cc(C(=O)CN2C(=O)NC3(CCCC3)C2=O)c(C)n1CCC1=CCCCC1. The zero-order valence-electron chi connectivity index (χ0n) is 17.6. The summed E-state index contributed by atoms with van der Waals surface area (Å²) in [5, 5.41) is 2.85. The number of imide groups is 1. The van der Waals surface area contributed by atoms with Crippen LogP contribution in [-0.2, 0) is 11.3 Å². The molecule has 6 nitrogen and oxygen atoms in total. The highest BCUT2D eigenvalue weighted by molar-refractivity contribution is 6.11. The zero-order chi connectivity index (χ0) is 20.6. The average molecular weight is 398 g/mol. The molecule has 2 aliphatic carbocycles. The highest BCUT2D eigenvalue weighted by atomic mass is 16.2. The number of aromatic nitrogens is 1. The lowest BCUT2D eigenvalue weighted by molar-refractivity contribution is -0.130. The molecule has 1 N–H and O–H groups in total. The number of carbonyl (C=O) groups excluding carboxylic acids is 3. The van der Waals surface area contributed by atoms with Gasteiger partial charge in [0, 0.05) is 23.5 Å². The number of aryl methyl sites for hydroxylation is 1. The van der Waals surface area contributed by atoms with Gasteiger partial charge in [-0.15, -0.1) is 0 Å². The second kappa shape index (κ2) is 7.81. The minimum atomic E-state index is -0.762. The van der Waals surface area contributed by atoms with Gasteiger partial charge in [0.15, 0.2) is 5.78 Å². The molecule has 29 heavy (non-hydrogen) atoms. The van der Waals surface area contributed by atoms with Crippen LogP contribution < -0.4 is 5.32 Å². The molecular formula is C23H31N3O3. The van der Waals surface area contributed by atoms with Crippen molar-refractivity contribution in [3.63, 3.8) is 0 Å². The minimum absolute atomic E-state index is 0.167. The minimum Gasteiger partial charge on any atom is -0.348 e. The van der Waals surface area contributed by atoms with Crippen molar-refractivity contribution in [1.82, 2.24) is 14.8 Å². The monoisotopic (exact) mass is 397 g/mol. The Morgan fingerprint density at radius 2 is 1.90 bits per heavy atom. The van der Waals surface area contributed by atoms with Crippen molar-refractivity contribution < 1.29 is 14.4 Å². The molecule has 1 saturated carbocycles. The van der Waals surface area contributed by atoms with Gasteiger partial charge in [-0.3, -0.25) is 14.5 Å². The lowest BCUT2D eigenvalue weighted by Crippen LogP contribution is -2.44. The fourth-order valence-corrected chi connectivity index (χ4v) is 5.18. The van der Waals surface area contributed by atoms with E-state index in [-0.39, 0.29) is 18.2 Å². The number of ketones is 1. The van der Waals surface area contributed by atoms with Crippen LogP contribution in [0.4, 0.5) is 4.79 Å². The van der Waals surface area contributed by atoms with E-state index in [1.807, 2.05) is 19.9 Å². The molecule has 156 valence electrons. The molecule has 0 bridgehead atoms. The first-order valence-corrected chi connectivity index (χ1v) is 10.9. The molecule has 0 unspecified atom stereocenters. The third-order valence-corrected chi connectivity index (χ3v) is 6.92. The lowest BCUT2D eigenvalue weighted by Gasteiger charge is -2.19. The number of amides is 3. The van der Waals surface area contributed by atoms with E-state index < -0.39 is 11.6 Å². The molecule has 4 rings (SSSR count). The van der Waals surface area contributed by atoms with Gasteiger partial charge < -0.3 is 9.88 Å². The smallest absolute Gasteiger partial charge is 0.325 e. The number of Topliss-reactive ketones (excluding diaryl/α,β-unsaturated/α-hetero) is 1. The maximum absolute atomic E-state index is 13.0. The van der Waals surface area contributed by atoms with E-state index in [1.165, 1.54) is 31.3 Å². The first kappa shape index (κ1) is 19.9. The summed E-state index contributed by atoms with van der Waals surface area (Å²) in [6, 6.07) is 1.47. The standard InChI is InChI=1S/C23H31N3O3/c1-16-14-19(17(2)25(16)13-10-18-8-4-3-5-9-18)20(27)15-26-21(28)23(24-22(26)29)11-6-7-12-23/h8,14H,3-7,9-13,15H2,1-2H3,(H,24,29). The number of allylic oxidation sites excluding steroid dienone is 2. The summed E-state index contributed by atoms with van der Waals surface area (Å²) in [6.07, 6.45) is 11.5. The molecule has 2 fully saturated rings. The highest BCUT2D eigenvalue weighted by Crippen LogP contribution is 2.35. The van der Waals surface area contributed by atoms with Crippen molar-refractivity contribution in [1.29, 1.82) is 0 Å². The maximum Gasteiger partial charge on any atom is 0.325 e. The largest absolute Gasteiger partial charge is 0.348 e. The van der Waals surface area contributed by atoms with Crippen molar-refractivity contribution in [3.05, 3.63) is 34.7 Å². The van der Waals surface area contributed by atoms with Crippen LogP contribution in [0.5, 0.6) is 0 Å². The summed E-state index contributed by atoms with van der Waals surface area (Å²) in [5.74, 6) is -0.397. The van der Waals surface area contributed by atoms with E-state index in [4.69, 9.17) is 0 Å². The van der Waals surface area contributed by atoms with Crippen LogP contribution in [0.2, 0.25) is 0 Å². The normalized spacial score (nSPS) is 21.0. The van der Waals surface area contributed by atoms with Crippen molar-refractivity contribution in [2.75, 3.05) is 6.54 Å². The average Bonchev–Trinajstić information content (AvgIpc) is 3.35.